The summed E-state index contributed by atoms with van der Waals surface area (Å²) in [6.45, 7) is 8.81. The van der Waals surface area contributed by atoms with Crippen LogP contribution in [-0.2, 0) is 4.84 Å². The van der Waals surface area contributed by atoms with E-state index in [4.69, 9.17) is 4.84 Å². The van der Waals surface area contributed by atoms with E-state index in [9.17, 15) is 0 Å². The predicted molar refractivity (Wildman–Crippen MR) is 51.2 cm³/mol. The van der Waals surface area contributed by atoms with Gasteiger partial charge in [0.2, 0.25) is 0 Å². The maximum absolute atomic E-state index is 5.21. The summed E-state index contributed by atoms with van der Waals surface area (Å²) in [6.07, 6.45) is 5.15. The van der Waals surface area contributed by atoms with Crippen LogP contribution in [0, 0.1) is 5.41 Å². The van der Waals surface area contributed by atoms with Gasteiger partial charge in [-0.3, -0.25) is 0 Å². The van der Waals surface area contributed by atoms with E-state index in [0.29, 0.717) is 6.61 Å². The Balaban J connectivity index is 2.56. The highest BCUT2D eigenvalue weighted by molar-refractivity contribution is 5.93. The van der Waals surface area contributed by atoms with Crippen molar-refractivity contribution >= 4 is 5.71 Å². The minimum absolute atomic E-state index is 0.274. The molecule has 0 bridgehead atoms. The highest BCUT2D eigenvalue weighted by atomic mass is 16.6. The fourth-order valence-corrected chi connectivity index (χ4v) is 1.30. The van der Waals surface area contributed by atoms with Gasteiger partial charge in [0.15, 0.2) is 0 Å². The molecule has 0 aliphatic carbocycles. The molecular formula is C10H17NO. The molecule has 0 saturated carbocycles. The lowest BCUT2D eigenvalue weighted by atomic mass is 9.87. The fourth-order valence-electron chi connectivity index (χ4n) is 1.30. The summed E-state index contributed by atoms with van der Waals surface area (Å²) in [4.78, 5) is 5.21. The van der Waals surface area contributed by atoms with Gasteiger partial charge >= 0.3 is 0 Å². The number of oxime groups is 1. The average molecular weight is 167 g/mol. The Morgan fingerprint density at radius 3 is 3.00 bits per heavy atom. The molecule has 0 amide bonds. The Bertz CT molecular complexity index is 194. The molecule has 0 spiro atoms. The second kappa shape index (κ2) is 3.74. The lowest BCUT2D eigenvalue weighted by molar-refractivity contribution is 0.0576. The van der Waals surface area contributed by atoms with Gasteiger partial charge in [-0.1, -0.05) is 25.6 Å². The Labute approximate surface area is 74.3 Å². The Morgan fingerprint density at radius 2 is 2.33 bits per heavy atom. The van der Waals surface area contributed by atoms with Crippen molar-refractivity contribution in [3.05, 3.63) is 12.7 Å². The maximum atomic E-state index is 5.21. The summed E-state index contributed by atoms with van der Waals surface area (Å²) in [5, 5.41) is 4.00. The second-order valence-corrected chi connectivity index (χ2v) is 4.08. The molecular weight excluding hydrogens is 150 g/mol. The monoisotopic (exact) mass is 167 g/mol. The SMILES string of the molecule is C=CC1=NOCC(C)(C)CCC1. The third-order valence-corrected chi connectivity index (χ3v) is 2.16. The van der Waals surface area contributed by atoms with E-state index < -0.39 is 0 Å². The first-order chi connectivity index (χ1) is 5.64. The topological polar surface area (TPSA) is 21.6 Å². The van der Waals surface area contributed by atoms with Crippen LogP contribution >= 0.6 is 0 Å². The van der Waals surface area contributed by atoms with Gasteiger partial charge in [0.05, 0.1) is 5.71 Å². The van der Waals surface area contributed by atoms with Crippen LogP contribution in [0.2, 0.25) is 0 Å². The van der Waals surface area contributed by atoms with Crippen molar-refractivity contribution in [1.82, 2.24) is 0 Å². The Morgan fingerprint density at radius 1 is 1.58 bits per heavy atom. The lowest BCUT2D eigenvalue weighted by Gasteiger charge is -2.24. The number of allylic oxidation sites excluding steroid dienone is 1. The number of rotatable bonds is 1. The summed E-state index contributed by atoms with van der Waals surface area (Å²) >= 11 is 0. The van der Waals surface area contributed by atoms with Crippen LogP contribution in [0.4, 0.5) is 0 Å². The number of hydrogen-bond donors (Lipinski definition) is 0. The van der Waals surface area contributed by atoms with E-state index in [2.05, 4.69) is 25.6 Å². The van der Waals surface area contributed by atoms with Gasteiger partial charge in [-0.25, -0.2) is 0 Å². The minimum Gasteiger partial charge on any atom is -0.395 e. The molecule has 2 heteroatoms. The third-order valence-electron chi connectivity index (χ3n) is 2.16. The van der Waals surface area contributed by atoms with Crippen molar-refractivity contribution in [2.45, 2.75) is 33.1 Å². The summed E-state index contributed by atoms with van der Waals surface area (Å²) < 4.78 is 0. The van der Waals surface area contributed by atoms with Crippen molar-refractivity contribution in [2.75, 3.05) is 6.61 Å². The van der Waals surface area contributed by atoms with Crippen LogP contribution in [-0.4, -0.2) is 12.3 Å². The van der Waals surface area contributed by atoms with Crippen LogP contribution in [0.25, 0.3) is 0 Å². The molecule has 1 aliphatic heterocycles. The van der Waals surface area contributed by atoms with E-state index in [1.54, 1.807) is 6.08 Å². The number of hydrogen-bond acceptors (Lipinski definition) is 2. The Kier molecular flexibility index (Phi) is 2.90. The van der Waals surface area contributed by atoms with Gasteiger partial charge in [-0.15, -0.1) is 0 Å². The zero-order valence-electron chi connectivity index (χ0n) is 7.97. The third kappa shape index (κ3) is 2.68. The van der Waals surface area contributed by atoms with Gasteiger partial charge in [-0.05, 0) is 25.3 Å². The molecule has 1 heterocycles. The highest BCUT2D eigenvalue weighted by Crippen LogP contribution is 2.25. The van der Waals surface area contributed by atoms with Crippen molar-refractivity contribution in [1.29, 1.82) is 0 Å². The number of nitrogens with zero attached hydrogens (tertiary/aromatic N) is 1. The first kappa shape index (κ1) is 9.30. The molecule has 0 fully saturated rings. The van der Waals surface area contributed by atoms with Gasteiger partial charge < -0.3 is 4.84 Å². The van der Waals surface area contributed by atoms with E-state index in [1.165, 1.54) is 12.8 Å². The molecule has 0 saturated heterocycles. The molecule has 2 nitrogen and oxygen atoms in total. The van der Waals surface area contributed by atoms with Crippen LogP contribution in [0.5, 0.6) is 0 Å². The van der Waals surface area contributed by atoms with E-state index >= 15 is 0 Å². The van der Waals surface area contributed by atoms with Gasteiger partial charge in [0, 0.05) is 5.41 Å². The maximum Gasteiger partial charge on any atom is 0.122 e. The molecule has 68 valence electrons. The van der Waals surface area contributed by atoms with E-state index in [1.807, 2.05) is 0 Å². The second-order valence-electron chi connectivity index (χ2n) is 4.08. The average Bonchev–Trinajstić information content (AvgIpc) is 1.97. The van der Waals surface area contributed by atoms with E-state index in [-0.39, 0.29) is 5.41 Å². The molecule has 0 aromatic carbocycles. The molecule has 0 aromatic rings. The molecule has 0 N–H and O–H groups in total. The lowest BCUT2D eigenvalue weighted by Crippen LogP contribution is -2.20. The van der Waals surface area contributed by atoms with Crippen molar-refractivity contribution in [3.63, 3.8) is 0 Å². The zero-order valence-corrected chi connectivity index (χ0v) is 7.97. The summed E-state index contributed by atoms with van der Waals surface area (Å²) in [5.74, 6) is 0. The van der Waals surface area contributed by atoms with Crippen LogP contribution in [0.15, 0.2) is 17.8 Å². The Hall–Kier alpha value is -0.790. The van der Waals surface area contributed by atoms with Crippen LogP contribution in [0.1, 0.15) is 33.1 Å². The largest absolute Gasteiger partial charge is 0.395 e. The normalized spacial score (nSPS) is 23.0. The van der Waals surface area contributed by atoms with Crippen molar-refractivity contribution < 1.29 is 4.84 Å². The summed E-state index contributed by atoms with van der Waals surface area (Å²) in [5.41, 5.74) is 1.25. The minimum atomic E-state index is 0.274. The van der Waals surface area contributed by atoms with Crippen molar-refractivity contribution in [2.24, 2.45) is 10.6 Å². The summed E-state index contributed by atoms with van der Waals surface area (Å²) in [6, 6.07) is 0. The smallest absolute Gasteiger partial charge is 0.122 e. The molecule has 0 aromatic heterocycles. The first-order valence-corrected chi connectivity index (χ1v) is 4.45. The molecule has 1 rings (SSSR count). The van der Waals surface area contributed by atoms with Gasteiger partial charge in [0.1, 0.15) is 6.61 Å². The summed E-state index contributed by atoms with van der Waals surface area (Å²) in [7, 11) is 0. The molecule has 0 unspecified atom stereocenters. The molecule has 12 heavy (non-hydrogen) atoms. The van der Waals surface area contributed by atoms with Crippen LogP contribution < -0.4 is 0 Å². The standard InChI is InChI=1S/C10H17NO/c1-4-9-6-5-7-10(2,3)8-12-11-9/h4H,1,5-8H2,2-3H3. The highest BCUT2D eigenvalue weighted by Gasteiger charge is 2.20. The first-order valence-electron chi connectivity index (χ1n) is 4.45. The zero-order chi connectivity index (χ0) is 9.03. The quantitative estimate of drug-likeness (QED) is 0.588. The van der Waals surface area contributed by atoms with Crippen molar-refractivity contribution in [3.8, 4) is 0 Å². The van der Waals surface area contributed by atoms with E-state index in [0.717, 1.165) is 12.1 Å². The molecule has 0 radical (unpaired) electrons. The predicted octanol–water partition coefficient (Wildman–Crippen LogP) is 2.76. The fraction of sp³-hybridized carbons (Fsp3) is 0.700. The van der Waals surface area contributed by atoms with Gasteiger partial charge in [0.25, 0.3) is 0 Å². The van der Waals surface area contributed by atoms with Crippen LogP contribution in [0.3, 0.4) is 0 Å². The molecule has 1 aliphatic rings. The molecule has 0 atom stereocenters. The van der Waals surface area contributed by atoms with Gasteiger partial charge in [-0.2, -0.15) is 0 Å².